The van der Waals surface area contributed by atoms with Crippen molar-refractivity contribution in [2.75, 3.05) is 12.3 Å². The molecule has 64 valence electrons. The monoisotopic (exact) mass is 276 g/mol. The summed E-state index contributed by atoms with van der Waals surface area (Å²) < 4.78 is 6.48. The summed E-state index contributed by atoms with van der Waals surface area (Å²) in [4.78, 5) is 0. The van der Waals surface area contributed by atoms with Gasteiger partial charge in [-0.05, 0) is 34.7 Å². The van der Waals surface area contributed by atoms with Crippen LogP contribution in [0.2, 0.25) is 0 Å². The smallest absolute Gasteiger partial charge is 0.139 e. The molecule has 12 heavy (non-hydrogen) atoms. The number of nitrogen functional groups attached to an aromatic ring is 1. The molecule has 0 fully saturated rings. The molecule has 0 amide bonds. The molecule has 1 aromatic rings. The van der Waals surface area contributed by atoms with Gasteiger partial charge in [-0.2, -0.15) is 0 Å². The molecule has 0 aromatic heterocycles. The van der Waals surface area contributed by atoms with E-state index in [1.807, 2.05) is 12.1 Å². The van der Waals surface area contributed by atoms with Crippen LogP contribution in [0, 0.1) is 3.57 Å². The number of fused-ring (bicyclic) bond motifs is 1. The van der Waals surface area contributed by atoms with Crippen molar-refractivity contribution < 1.29 is 4.74 Å². The molecular formula is C8H9IN2O. The Labute approximate surface area is 84.2 Å². The summed E-state index contributed by atoms with van der Waals surface area (Å²) >= 11 is 2.22. The van der Waals surface area contributed by atoms with Crippen LogP contribution in [0.15, 0.2) is 12.1 Å². The van der Waals surface area contributed by atoms with Crippen molar-refractivity contribution in [2.45, 2.75) is 6.04 Å². The Balaban J connectivity index is 2.64. The molecule has 1 aliphatic heterocycles. The fourth-order valence-corrected chi connectivity index (χ4v) is 2.00. The van der Waals surface area contributed by atoms with Crippen LogP contribution < -0.4 is 16.2 Å². The summed E-state index contributed by atoms with van der Waals surface area (Å²) in [5.74, 6) is 0.864. The zero-order valence-corrected chi connectivity index (χ0v) is 8.54. The normalized spacial score (nSPS) is 20.3. The second-order valence-corrected chi connectivity index (χ2v) is 3.96. The second-order valence-electron chi connectivity index (χ2n) is 2.80. The van der Waals surface area contributed by atoms with Gasteiger partial charge in [0.2, 0.25) is 0 Å². The van der Waals surface area contributed by atoms with Gasteiger partial charge in [-0.25, -0.2) is 0 Å². The van der Waals surface area contributed by atoms with E-state index in [0.29, 0.717) is 6.61 Å². The zero-order valence-electron chi connectivity index (χ0n) is 6.38. The molecule has 2 rings (SSSR count). The van der Waals surface area contributed by atoms with E-state index in [4.69, 9.17) is 16.2 Å². The van der Waals surface area contributed by atoms with E-state index in [-0.39, 0.29) is 6.04 Å². The third-order valence-corrected chi connectivity index (χ3v) is 2.81. The molecule has 1 heterocycles. The third kappa shape index (κ3) is 1.06. The number of ether oxygens (including phenoxy) is 1. The van der Waals surface area contributed by atoms with Crippen molar-refractivity contribution in [2.24, 2.45) is 5.73 Å². The first-order valence-electron chi connectivity index (χ1n) is 3.66. The minimum absolute atomic E-state index is 0.0604. The Bertz CT molecular complexity index is 327. The largest absolute Gasteiger partial charge is 0.490 e. The van der Waals surface area contributed by atoms with Crippen molar-refractivity contribution in [3.05, 3.63) is 21.3 Å². The molecule has 0 bridgehead atoms. The maximum atomic E-state index is 5.81. The maximum absolute atomic E-state index is 5.81. The minimum Gasteiger partial charge on any atom is -0.490 e. The Kier molecular flexibility index (Phi) is 1.88. The predicted molar refractivity (Wildman–Crippen MR) is 56.0 cm³/mol. The van der Waals surface area contributed by atoms with E-state index >= 15 is 0 Å². The van der Waals surface area contributed by atoms with Crippen LogP contribution in [0.1, 0.15) is 11.6 Å². The molecule has 0 radical (unpaired) electrons. The Hall–Kier alpha value is -0.490. The van der Waals surface area contributed by atoms with Crippen LogP contribution in [-0.4, -0.2) is 6.61 Å². The van der Waals surface area contributed by atoms with E-state index in [0.717, 1.165) is 20.6 Å². The molecule has 3 nitrogen and oxygen atoms in total. The molecule has 0 saturated carbocycles. The first-order chi connectivity index (χ1) is 5.70. The van der Waals surface area contributed by atoms with Gasteiger partial charge < -0.3 is 16.2 Å². The van der Waals surface area contributed by atoms with Gasteiger partial charge in [-0.1, -0.05) is 0 Å². The van der Waals surface area contributed by atoms with E-state index < -0.39 is 0 Å². The first-order valence-corrected chi connectivity index (χ1v) is 4.74. The lowest BCUT2D eigenvalue weighted by atomic mass is 10.1. The topological polar surface area (TPSA) is 61.3 Å². The van der Waals surface area contributed by atoms with Crippen molar-refractivity contribution in [3.63, 3.8) is 0 Å². The number of hydrogen-bond donors (Lipinski definition) is 2. The van der Waals surface area contributed by atoms with Gasteiger partial charge in [0.1, 0.15) is 12.4 Å². The lowest BCUT2D eigenvalue weighted by Crippen LogP contribution is -2.12. The average Bonchev–Trinajstić information content (AvgIpc) is 2.42. The highest BCUT2D eigenvalue weighted by Gasteiger charge is 2.24. The van der Waals surface area contributed by atoms with Crippen LogP contribution in [0.3, 0.4) is 0 Å². The van der Waals surface area contributed by atoms with Crippen molar-refractivity contribution in [3.8, 4) is 5.75 Å². The van der Waals surface area contributed by atoms with Gasteiger partial charge in [-0.3, -0.25) is 0 Å². The SMILES string of the molecule is Nc1ccc(I)c2c1[C@@H](N)CO2. The third-order valence-electron chi connectivity index (χ3n) is 1.96. The second kappa shape index (κ2) is 2.77. The molecule has 1 atom stereocenters. The van der Waals surface area contributed by atoms with Gasteiger partial charge in [0.25, 0.3) is 0 Å². The van der Waals surface area contributed by atoms with Gasteiger partial charge in [0, 0.05) is 11.3 Å². The van der Waals surface area contributed by atoms with E-state index in [1.54, 1.807) is 0 Å². The number of rotatable bonds is 0. The summed E-state index contributed by atoms with van der Waals surface area (Å²) in [5, 5.41) is 0. The van der Waals surface area contributed by atoms with Crippen LogP contribution >= 0.6 is 22.6 Å². The molecule has 1 aliphatic rings. The quantitative estimate of drug-likeness (QED) is 0.554. The highest BCUT2D eigenvalue weighted by atomic mass is 127. The van der Waals surface area contributed by atoms with Gasteiger partial charge >= 0.3 is 0 Å². The highest BCUT2D eigenvalue weighted by Crippen LogP contribution is 2.38. The fourth-order valence-electron chi connectivity index (χ4n) is 1.37. The molecule has 1 aromatic carbocycles. The summed E-state index contributed by atoms with van der Waals surface area (Å²) in [6.45, 7) is 0.541. The lowest BCUT2D eigenvalue weighted by molar-refractivity contribution is 0.331. The van der Waals surface area contributed by atoms with Crippen LogP contribution in [0.5, 0.6) is 5.75 Å². The number of benzene rings is 1. The predicted octanol–water partition coefficient (Wildman–Crippen LogP) is 1.27. The number of hydrogen-bond acceptors (Lipinski definition) is 3. The molecule has 4 N–H and O–H groups in total. The summed E-state index contributed by atoms with van der Waals surface area (Å²) in [6.07, 6.45) is 0. The standard InChI is InChI=1S/C8H9IN2O/c9-4-1-2-5(10)7-6(11)3-12-8(4)7/h1-2,6H,3,10-11H2/t6-/m0/s1. The minimum atomic E-state index is -0.0604. The van der Waals surface area contributed by atoms with Crippen molar-refractivity contribution in [1.29, 1.82) is 0 Å². The van der Waals surface area contributed by atoms with E-state index in [2.05, 4.69) is 22.6 Å². The van der Waals surface area contributed by atoms with Gasteiger partial charge in [0.05, 0.1) is 9.61 Å². The van der Waals surface area contributed by atoms with Crippen LogP contribution in [-0.2, 0) is 0 Å². The Morgan fingerprint density at radius 3 is 2.92 bits per heavy atom. The maximum Gasteiger partial charge on any atom is 0.139 e. The van der Waals surface area contributed by atoms with Gasteiger partial charge in [-0.15, -0.1) is 0 Å². The average molecular weight is 276 g/mol. The molecule has 0 unspecified atom stereocenters. The van der Waals surface area contributed by atoms with Crippen molar-refractivity contribution in [1.82, 2.24) is 0 Å². The van der Waals surface area contributed by atoms with Gasteiger partial charge in [0.15, 0.2) is 0 Å². The summed E-state index contributed by atoms with van der Waals surface area (Å²) in [7, 11) is 0. The Morgan fingerprint density at radius 2 is 2.25 bits per heavy atom. The molecular weight excluding hydrogens is 267 g/mol. The summed E-state index contributed by atoms with van der Waals surface area (Å²) in [6, 6.07) is 3.75. The number of anilines is 1. The zero-order chi connectivity index (χ0) is 8.72. The lowest BCUT2D eigenvalue weighted by Gasteiger charge is -2.05. The Morgan fingerprint density at radius 1 is 1.50 bits per heavy atom. The summed E-state index contributed by atoms with van der Waals surface area (Å²) in [5.41, 5.74) is 13.3. The van der Waals surface area contributed by atoms with E-state index in [9.17, 15) is 0 Å². The van der Waals surface area contributed by atoms with Crippen LogP contribution in [0.25, 0.3) is 0 Å². The van der Waals surface area contributed by atoms with Crippen molar-refractivity contribution >= 4 is 28.3 Å². The fraction of sp³-hybridized carbons (Fsp3) is 0.250. The number of nitrogens with two attached hydrogens (primary N) is 2. The van der Waals surface area contributed by atoms with Crippen LogP contribution in [0.4, 0.5) is 5.69 Å². The molecule has 0 saturated heterocycles. The molecule has 4 heteroatoms. The van der Waals surface area contributed by atoms with E-state index in [1.165, 1.54) is 0 Å². The first kappa shape index (κ1) is 8.12. The number of halogens is 1. The highest BCUT2D eigenvalue weighted by molar-refractivity contribution is 14.1. The molecule has 0 aliphatic carbocycles. The molecule has 0 spiro atoms.